The van der Waals surface area contributed by atoms with Crippen LogP contribution >= 0.6 is 22.7 Å². The standard InChI is InChI=1S/C13H14OS2/c1-3-9-7-8-15-13(9)12(14)11-6-5-10(4-2)16-11/h5-8H,3-4H2,1-2H3. The van der Waals surface area contributed by atoms with E-state index in [1.165, 1.54) is 10.4 Å². The molecule has 0 aliphatic heterocycles. The van der Waals surface area contributed by atoms with E-state index in [-0.39, 0.29) is 5.78 Å². The Morgan fingerprint density at radius 2 is 2.00 bits per heavy atom. The molecule has 0 bridgehead atoms. The molecule has 84 valence electrons. The van der Waals surface area contributed by atoms with Crippen molar-refractivity contribution in [3.8, 4) is 0 Å². The fraction of sp³-hybridized carbons (Fsp3) is 0.308. The van der Waals surface area contributed by atoms with Crippen molar-refractivity contribution in [2.45, 2.75) is 26.7 Å². The van der Waals surface area contributed by atoms with Crippen molar-refractivity contribution in [3.05, 3.63) is 43.8 Å². The Labute approximate surface area is 104 Å². The van der Waals surface area contributed by atoms with Gasteiger partial charge in [0.1, 0.15) is 0 Å². The Hall–Kier alpha value is -0.930. The fourth-order valence-corrected chi connectivity index (χ4v) is 3.52. The molecule has 0 aliphatic rings. The molecule has 2 aromatic rings. The monoisotopic (exact) mass is 250 g/mol. The number of ketones is 1. The molecule has 2 rings (SSSR count). The summed E-state index contributed by atoms with van der Waals surface area (Å²) in [6, 6.07) is 6.05. The van der Waals surface area contributed by atoms with Gasteiger partial charge in [0.25, 0.3) is 0 Å². The summed E-state index contributed by atoms with van der Waals surface area (Å²) < 4.78 is 0. The highest BCUT2D eigenvalue weighted by Crippen LogP contribution is 2.25. The maximum atomic E-state index is 12.2. The van der Waals surface area contributed by atoms with Crippen LogP contribution in [-0.2, 0) is 12.8 Å². The quantitative estimate of drug-likeness (QED) is 0.744. The van der Waals surface area contributed by atoms with Crippen LogP contribution in [0.1, 0.15) is 38.8 Å². The van der Waals surface area contributed by atoms with Gasteiger partial charge in [-0.1, -0.05) is 13.8 Å². The first-order chi connectivity index (χ1) is 7.76. The highest BCUT2D eigenvalue weighted by Gasteiger charge is 2.15. The minimum Gasteiger partial charge on any atom is -0.287 e. The zero-order valence-corrected chi connectivity index (χ0v) is 11.1. The second-order valence-electron chi connectivity index (χ2n) is 3.58. The summed E-state index contributed by atoms with van der Waals surface area (Å²) in [4.78, 5) is 15.3. The van der Waals surface area contributed by atoms with Gasteiger partial charge < -0.3 is 0 Å². The van der Waals surface area contributed by atoms with Gasteiger partial charge in [-0.05, 0) is 42.0 Å². The third-order valence-electron chi connectivity index (χ3n) is 2.57. The molecule has 0 saturated carbocycles. The third kappa shape index (κ3) is 2.11. The molecule has 0 saturated heterocycles. The van der Waals surface area contributed by atoms with Crippen LogP contribution in [0.3, 0.4) is 0 Å². The van der Waals surface area contributed by atoms with E-state index in [9.17, 15) is 4.79 Å². The minimum atomic E-state index is 0.191. The lowest BCUT2D eigenvalue weighted by atomic mass is 10.1. The largest absolute Gasteiger partial charge is 0.287 e. The Kier molecular flexibility index (Phi) is 3.56. The molecule has 1 nitrogen and oxygen atoms in total. The lowest BCUT2D eigenvalue weighted by molar-refractivity contribution is 0.104. The molecule has 2 aromatic heterocycles. The summed E-state index contributed by atoms with van der Waals surface area (Å²) in [6.07, 6.45) is 1.93. The number of carbonyl (C=O) groups excluding carboxylic acids is 1. The van der Waals surface area contributed by atoms with Gasteiger partial charge in [0.2, 0.25) is 5.78 Å². The second kappa shape index (κ2) is 4.93. The Balaban J connectivity index is 2.31. The molecule has 3 heteroatoms. The maximum Gasteiger partial charge on any atom is 0.213 e. The summed E-state index contributed by atoms with van der Waals surface area (Å²) in [5, 5.41) is 2.00. The van der Waals surface area contributed by atoms with Crippen LogP contribution in [0.2, 0.25) is 0 Å². The molecule has 0 radical (unpaired) electrons. The van der Waals surface area contributed by atoms with E-state index in [1.807, 2.05) is 17.5 Å². The molecular weight excluding hydrogens is 236 g/mol. The van der Waals surface area contributed by atoms with Gasteiger partial charge in [-0.15, -0.1) is 22.7 Å². The molecular formula is C13H14OS2. The van der Waals surface area contributed by atoms with Crippen LogP contribution < -0.4 is 0 Å². The smallest absolute Gasteiger partial charge is 0.213 e. The minimum absolute atomic E-state index is 0.191. The topological polar surface area (TPSA) is 17.1 Å². The first-order valence-electron chi connectivity index (χ1n) is 5.46. The van der Waals surface area contributed by atoms with Crippen molar-refractivity contribution in [3.63, 3.8) is 0 Å². The van der Waals surface area contributed by atoms with E-state index in [1.54, 1.807) is 22.7 Å². The van der Waals surface area contributed by atoms with Crippen LogP contribution in [0.25, 0.3) is 0 Å². The number of rotatable bonds is 4. The average Bonchev–Trinajstić information content (AvgIpc) is 2.96. The Morgan fingerprint density at radius 3 is 2.62 bits per heavy atom. The second-order valence-corrected chi connectivity index (χ2v) is 5.66. The van der Waals surface area contributed by atoms with E-state index < -0.39 is 0 Å². The fourth-order valence-electron chi connectivity index (χ4n) is 1.62. The van der Waals surface area contributed by atoms with Gasteiger partial charge in [0.05, 0.1) is 9.75 Å². The van der Waals surface area contributed by atoms with Crippen LogP contribution in [0.15, 0.2) is 23.6 Å². The Bertz CT molecular complexity index is 494. The molecule has 0 aliphatic carbocycles. The Morgan fingerprint density at radius 1 is 1.19 bits per heavy atom. The predicted octanol–water partition coefficient (Wildman–Crippen LogP) is 4.17. The number of carbonyl (C=O) groups is 1. The average molecular weight is 250 g/mol. The zero-order valence-electron chi connectivity index (χ0n) is 9.45. The normalized spacial score (nSPS) is 10.6. The van der Waals surface area contributed by atoms with Crippen LogP contribution in [0.4, 0.5) is 0 Å². The molecule has 0 atom stereocenters. The first kappa shape index (κ1) is 11.6. The van der Waals surface area contributed by atoms with Crippen LogP contribution in [-0.4, -0.2) is 5.78 Å². The van der Waals surface area contributed by atoms with Gasteiger partial charge >= 0.3 is 0 Å². The molecule has 16 heavy (non-hydrogen) atoms. The van der Waals surface area contributed by atoms with Crippen molar-refractivity contribution in [2.75, 3.05) is 0 Å². The SMILES string of the molecule is CCc1ccc(C(=O)c2sccc2CC)s1. The molecule has 0 N–H and O–H groups in total. The van der Waals surface area contributed by atoms with E-state index in [2.05, 4.69) is 19.9 Å². The van der Waals surface area contributed by atoms with Gasteiger partial charge in [0.15, 0.2) is 0 Å². The van der Waals surface area contributed by atoms with Crippen molar-refractivity contribution in [2.24, 2.45) is 0 Å². The van der Waals surface area contributed by atoms with Crippen LogP contribution in [0, 0.1) is 0 Å². The van der Waals surface area contributed by atoms with E-state index in [0.717, 1.165) is 22.6 Å². The number of aryl methyl sites for hydroxylation is 2. The highest BCUT2D eigenvalue weighted by molar-refractivity contribution is 7.16. The van der Waals surface area contributed by atoms with Crippen molar-refractivity contribution in [1.82, 2.24) is 0 Å². The van der Waals surface area contributed by atoms with Crippen molar-refractivity contribution >= 4 is 28.5 Å². The number of hydrogen-bond donors (Lipinski definition) is 0. The summed E-state index contributed by atoms with van der Waals surface area (Å²) in [7, 11) is 0. The molecule has 0 amide bonds. The molecule has 0 fully saturated rings. The van der Waals surface area contributed by atoms with Gasteiger partial charge in [-0.25, -0.2) is 0 Å². The predicted molar refractivity (Wildman–Crippen MR) is 70.8 cm³/mol. The van der Waals surface area contributed by atoms with E-state index in [4.69, 9.17) is 0 Å². The molecule has 0 spiro atoms. The van der Waals surface area contributed by atoms with Gasteiger partial charge in [-0.2, -0.15) is 0 Å². The van der Waals surface area contributed by atoms with Crippen molar-refractivity contribution in [1.29, 1.82) is 0 Å². The van der Waals surface area contributed by atoms with E-state index in [0.29, 0.717) is 0 Å². The van der Waals surface area contributed by atoms with Crippen LogP contribution in [0.5, 0.6) is 0 Å². The summed E-state index contributed by atoms with van der Waals surface area (Å²) in [5.74, 6) is 0.191. The molecule has 0 aromatic carbocycles. The maximum absolute atomic E-state index is 12.2. The lowest BCUT2D eigenvalue weighted by Crippen LogP contribution is -1.98. The van der Waals surface area contributed by atoms with Crippen molar-refractivity contribution < 1.29 is 4.79 Å². The first-order valence-corrected chi connectivity index (χ1v) is 7.15. The third-order valence-corrected chi connectivity index (χ3v) is 4.75. The number of thiophene rings is 2. The zero-order chi connectivity index (χ0) is 11.5. The summed E-state index contributed by atoms with van der Waals surface area (Å²) in [5.41, 5.74) is 1.17. The summed E-state index contributed by atoms with van der Waals surface area (Å²) >= 11 is 3.17. The highest BCUT2D eigenvalue weighted by atomic mass is 32.1. The number of hydrogen-bond acceptors (Lipinski definition) is 3. The van der Waals surface area contributed by atoms with Gasteiger partial charge in [-0.3, -0.25) is 4.79 Å². The lowest BCUT2D eigenvalue weighted by Gasteiger charge is -1.97. The van der Waals surface area contributed by atoms with Gasteiger partial charge in [0, 0.05) is 4.88 Å². The summed E-state index contributed by atoms with van der Waals surface area (Å²) in [6.45, 7) is 4.20. The molecule has 0 unspecified atom stereocenters. The molecule has 2 heterocycles. The van der Waals surface area contributed by atoms with E-state index >= 15 is 0 Å².